The van der Waals surface area contributed by atoms with E-state index in [-0.39, 0.29) is 32.3 Å². The second-order valence-electron chi connectivity index (χ2n) is 1.35. The van der Waals surface area contributed by atoms with E-state index in [2.05, 4.69) is 4.74 Å². The summed E-state index contributed by atoms with van der Waals surface area (Å²) in [5, 5.41) is 0. The van der Waals surface area contributed by atoms with Gasteiger partial charge in [0.1, 0.15) is 0 Å². The molecule has 8 heavy (non-hydrogen) atoms. The summed E-state index contributed by atoms with van der Waals surface area (Å²) in [4.78, 5) is 20.0. The van der Waals surface area contributed by atoms with Crippen LogP contribution in [-0.4, -0.2) is 11.9 Å². The van der Waals surface area contributed by atoms with Crippen molar-refractivity contribution in [2.75, 3.05) is 0 Å². The second kappa shape index (κ2) is 2.93. The molecule has 1 fully saturated rings. The SMILES string of the molecule is O=C1CCC(=O)O1.[Zn]. The van der Waals surface area contributed by atoms with Crippen molar-refractivity contribution in [3.05, 3.63) is 0 Å². The van der Waals surface area contributed by atoms with Crippen molar-refractivity contribution in [1.29, 1.82) is 0 Å². The number of cyclic esters (lactones) is 2. The van der Waals surface area contributed by atoms with E-state index < -0.39 is 11.9 Å². The number of carbonyl (C=O) groups is 2. The summed E-state index contributed by atoms with van der Waals surface area (Å²) in [5.74, 6) is -0.796. The first-order valence-electron chi connectivity index (χ1n) is 2.02. The van der Waals surface area contributed by atoms with Gasteiger partial charge in [-0.1, -0.05) is 0 Å². The van der Waals surface area contributed by atoms with E-state index in [1.165, 1.54) is 0 Å². The summed E-state index contributed by atoms with van der Waals surface area (Å²) in [7, 11) is 0. The monoisotopic (exact) mass is 164 g/mol. The minimum absolute atomic E-state index is 0. The van der Waals surface area contributed by atoms with Crippen molar-refractivity contribution in [2.45, 2.75) is 12.8 Å². The first kappa shape index (κ1) is 7.76. The molecule has 0 bridgehead atoms. The van der Waals surface area contributed by atoms with Crippen LogP contribution in [0.25, 0.3) is 0 Å². The van der Waals surface area contributed by atoms with Crippen molar-refractivity contribution in [3.8, 4) is 0 Å². The van der Waals surface area contributed by atoms with E-state index in [0.717, 1.165) is 0 Å². The Labute approximate surface area is 59.1 Å². The Morgan fingerprint density at radius 2 is 1.50 bits per heavy atom. The van der Waals surface area contributed by atoms with Gasteiger partial charge in [0, 0.05) is 19.5 Å². The van der Waals surface area contributed by atoms with Crippen LogP contribution in [0.4, 0.5) is 0 Å². The number of carbonyl (C=O) groups excluding carboxylic acids is 2. The molecule has 1 saturated heterocycles. The Balaban J connectivity index is 0.000000490. The summed E-state index contributed by atoms with van der Waals surface area (Å²) in [6.07, 6.45) is 0.525. The summed E-state index contributed by atoms with van der Waals surface area (Å²) in [6, 6.07) is 0. The second-order valence-corrected chi connectivity index (χ2v) is 1.35. The fourth-order valence-electron chi connectivity index (χ4n) is 0.433. The molecule has 1 heterocycles. The fourth-order valence-corrected chi connectivity index (χ4v) is 0.433. The number of ether oxygens (including phenoxy) is 1. The van der Waals surface area contributed by atoms with Crippen LogP contribution in [0, 0.1) is 0 Å². The maximum absolute atomic E-state index is 10.0. The summed E-state index contributed by atoms with van der Waals surface area (Å²) < 4.78 is 4.08. The van der Waals surface area contributed by atoms with Crippen molar-refractivity contribution >= 4 is 11.9 Å². The third-order valence-corrected chi connectivity index (χ3v) is 0.761. The topological polar surface area (TPSA) is 43.4 Å². The van der Waals surface area contributed by atoms with Crippen LogP contribution >= 0.6 is 0 Å². The van der Waals surface area contributed by atoms with Gasteiger partial charge in [-0.05, 0) is 0 Å². The van der Waals surface area contributed by atoms with Crippen LogP contribution in [0.1, 0.15) is 12.8 Å². The number of hydrogen-bond acceptors (Lipinski definition) is 3. The molecule has 0 amide bonds. The van der Waals surface area contributed by atoms with Gasteiger partial charge in [-0.3, -0.25) is 9.59 Å². The molecule has 0 atom stereocenters. The van der Waals surface area contributed by atoms with E-state index >= 15 is 0 Å². The van der Waals surface area contributed by atoms with Crippen LogP contribution in [0.15, 0.2) is 0 Å². The molecular weight excluding hydrogens is 161 g/mol. The van der Waals surface area contributed by atoms with Gasteiger partial charge in [-0.15, -0.1) is 0 Å². The minimum atomic E-state index is -0.398. The Kier molecular flexibility index (Phi) is 2.84. The molecule has 0 unspecified atom stereocenters. The van der Waals surface area contributed by atoms with Gasteiger partial charge in [-0.25, -0.2) is 0 Å². The summed E-state index contributed by atoms with van der Waals surface area (Å²) >= 11 is 0. The van der Waals surface area contributed by atoms with Gasteiger partial charge in [0.05, 0.1) is 12.8 Å². The van der Waals surface area contributed by atoms with Crippen LogP contribution in [0.2, 0.25) is 0 Å². The van der Waals surface area contributed by atoms with Crippen molar-refractivity contribution in [3.63, 3.8) is 0 Å². The van der Waals surface area contributed by atoms with Crippen LogP contribution in [-0.2, 0) is 33.8 Å². The summed E-state index contributed by atoms with van der Waals surface area (Å²) in [6.45, 7) is 0. The molecular formula is C4H4O3Zn. The van der Waals surface area contributed by atoms with Crippen LogP contribution < -0.4 is 0 Å². The average molecular weight is 165 g/mol. The Hall–Kier alpha value is -0.237. The molecule has 1 aliphatic heterocycles. The van der Waals surface area contributed by atoms with Gasteiger partial charge in [0.25, 0.3) is 0 Å². The smallest absolute Gasteiger partial charge is 0.314 e. The van der Waals surface area contributed by atoms with Gasteiger partial charge in [-0.2, -0.15) is 0 Å². The molecule has 0 aromatic carbocycles. The Morgan fingerprint density at radius 3 is 1.62 bits per heavy atom. The molecule has 0 radical (unpaired) electrons. The molecule has 40 valence electrons. The van der Waals surface area contributed by atoms with E-state index in [9.17, 15) is 9.59 Å². The minimum Gasteiger partial charge on any atom is -0.393 e. The zero-order valence-corrected chi connectivity index (χ0v) is 7.31. The maximum Gasteiger partial charge on any atom is 0.314 e. The molecule has 1 rings (SSSR count). The third kappa shape index (κ3) is 1.70. The predicted octanol–water partition coefficient (Wildman–Crippen LogP) is -0.152. The van der Waals surface area contributed by atoms with Crippen molar-refractivity contribution in [2.24, 2.45) is 0 Å². The van der Waals surface area contributed by atoms with E-state index in [4.69, 9.17) is 0 Å². The van der Waals surface area contributed by atoms with Crippen molar-refractivity contribution in [1.82, 2.24) is 0 Å². The first-order valence-corrected chi connectivity index (χ1v) is 2.02. The van der Waals surface area contributed by atoms with Gasteiger partial charge in [0.2, 0.25) is 0 Å². The standard InChI is InChI=1S/C4H4O3.Zn/c5-3-1-2-4(6)7-3;/h1-2H2;. The van der Waals surface area contributed by atoms with Gasteiger partial charge >= 0.3 is 11.9 Å². The molecule has 0 N–H and O–H groups in total. The molecule has 3 nitrogen and oxygen atoms in total. The quantitative estimate of drug-likeness (QED) is 0.285. The van der Waals surface area contributed by atoms with E-state index in [1.807, 2.05) is 0 Å². The summed E-state index contributed by atoms with van der Waals surface area (Å²) in [5.41, 5.74) is 0. The fraction of sp³-hybridized carbons (Fsp3) is 0.500. The Bertz CT molecular complexity index is 106. The molecule has 1 aliphatic rings. The first-order chi connectivity index (χ1) is 3.29. The molecule has 0 aromatic rings. The molecule has 0 spiro atoms. The zero-order chi connectivity index (χ0) is 5.28. The van der Waals surface area contributed by atoms with Crippen molar-refractivity contribution < 1.29 is 33.8 Å². The maximum atomic E-state index is 10.0. The number of rotatable bonds is 0. The molecule has 4 heteroatoms. The molecule has 0 aliphatic carbocycles. The van der Waals surface area contributed by atoms with Crippen LogP contribution in [0.5, 0.6) is 0 Å². The van der Waals surface area contributed by atoms with Gasteiger partial charge in [0.15, 0.2) is 0 Å². The average Bonchev–Trinajstić information content (AvgIpc) is 1.87. The molecule has 0 saturated carbocycles. The normalized spacial score (nSPS) is 17.5. The number of esters is 2. The predicted molar refractivity (Wildman–Crippen MR) is 20.3 cm³/mol. The molecule has 0 aromatic heterocycles. The van der Waals surface area contributed by atoms with Crippen LogP contribution in [0.3, 0.4) is 0 Å². The third-order valence-electron chi connectivity index (χ3n) is 0.761. The van der Waals surface area contributed by atoms with E-state index in [1.54, 1.807) is 0 Å². The zero-order valence-electron chi connectivity index (χ0n) is 4.35. The van der Waals surface area contributed by atoms with Gasteiger partial charge < -0.3 is 4.74 Å². The van der Waals surface area contributed by atoms with E-state index in [0.29, 0.717) is 0 Å². The Morgan fingerprint density at radius 1 is 1.12 bits per heavy atom. The largest absolute Gasteiger partial charge is 0.393 e. The number of hydrogen-bond donors (Lipinski definition) is 0.